The summed E-state index contributed by atoms with van der Waals surface area (Å²) < 4.78 is 0. The molecule has 0 spiro atoms. The minimum atomic E-state index is -0.212. The van der Waals surface area contributed by atoms with Crippen LogP contribution in [0, 0.1) is 6.92 Å². The number of anilines is 2. The van der Waals surface area contributed by atoms with Gasteiger partial charge in [-0.15, -0.1) is 0 Å². The van der Waals surface area contributed by atoms with Crippen molar-refractivity contribution in [3.8, 4) is 0 Å². The predicted molar refractivity (Wildman–Crippen MR) is 94.0 cm³/mol. The van der Waals surface area contributed by atoms with Crippen LogP contribution in [0.25, 0.3) is 0 Å². The largest absolute Gasteiger partial charge is 0.341 e. The molecule has 1 aromatic carbocycles. The monoisotopic (exact) mass is 312 g/mol. The minimum absolute atomic E-state index is 0.212. The third-order valence-corrected chi connectivity index (χ3v) is 3.38. The Bertz CT molecular complexity index is 637. The summed E-state index contributed by atoms with van der Waals surface area (Å²) in [6.07, 6.45) is 2.03. The Morgan fingerprint density at radius 3 is 2.35 bits per heavy atom. The van der Waals surface area contributed by atoms with Crippen molar-refractivity contribution in [1.29, 1.82) is 0 Å². The normalized spacial score (nSPS) is 10.4. The van der Waals surface area contributed by atoms with Gasteiger partial charge in [-0.1, -0.05) is 32.0 Å². The number of aromatic nitrogens is 2. The number of aryl methyl sites for hydroxylation is 1. The van der Waals surface area contributed by atoms with Gasteiger partial charge >= 0.3 is 0 Å². The average molecular weight is 312 g/mol. The molecule has 0 aliphatic carbocycles. The Hall–Kier alpha value is -2.43. The first-order chi connectivity index (χ1) is 11.1. The van der Waals surface area contributed by atoms with Crippen molar-refractivity contribution in [3.05, 3.63) is 47.8 Å². The number of hydrogen-bond donors (Lipinski definition) is 1. The lowest BCUT2D eigenvalue weighted by Gasteiger charge is -2.22. The lowest BCUT2D eigenvalue weighted by molar-refractivity contribution is 0.102. The van der Waals surface area contributed by atoms with E-state index in [2.05, 4.69) is 34.0 Å². The number of carbonyl (C=O) groups excluding carboxylic acids is 1. The molecule has 0 saturated carbocycles. The second kappa shape index (κ2) is 8.27. The minimum Gasteiger partial charge on any atom is -0.341 e. The molecular formula is C18H24N4O. The van der Waals surface area contributed by atoms with Crippen LogP contribution in [0.3, 0.4) is 0 Å². The molecule has 1 amide bonds. The molecule has 0 fully saturated rings. The summed E-state index contributed by atoms with van der Waals surface area (Å²) in [6.45, 7) is 7.91. The van der Waals surface area contributed by atoms with Crippen molar-refractivity contribution in [2.45, 2.75) is 33.6 Å². The molecule has 23 heavy (non-hydrogen) atoms. The summed E-state index contributed by atoms with van der Waals surface area (Å²) in [5.41, 5.74) is 1.95. The molecule has 0 radical (unpaired) electrons. The van der Waals surface area contributed by atoms with Crippen LogP contribution in [-0.4, -0.2) is 29.0 Å². The Morgan fingerprint density at radius 1 is 1.09 bits per heavy atom. The molecule has 0 bridgehead atoms. The van der Waals surface area contributed by atoms with Gasteiger partial charge in [0.1, 0.15) is 5.69 Å². The Labute approximate surface area is 137 Å². The van der Waals surface area contributed by atoms with E-state index < -0.39 is 0 Å². The fraction of sp³-hybridized carbons (Fsp3) is 0.389. The molecule has 0 unspecified atom stereocenters. The van der Waals surface area contributed by atoms with Gasteiger partial charge in [0.2, 0.25) is 5.95 Å². The van der Waals surface area contributed by atoms with Gasteiger partial charge in [-0.3, -0.25) is 4.79 Å². The van der Waals surface area contributed by atoms with Crippen LogP contribution < -0.4 is 10.2 Å². The highest BCUT2D eigenvalue weighted by molar-refractivity contribution is 6.03. The van der Waals surface area contributed by atoms with Crippen molar-refractivity contribution in [3.63, 3.8) is 0 Å². The first-order valence-electron chi connectivity index (χ1n) is 8.11. The van der Waals surface area contributed by atoms with Crippen molar-refractivity contribution < 1.29 is 4.79 Å². The van der Waals surface area contributed by atoms with Gasteiger partial charge in [0.05, 0.1) is 0 Å². The van der Waals surface area contributed by atoms with Gasteiger partial charge in [0, 0.05) is 24.5 Å². The van der Waals surface area contributed by atoms with Crippen LogP contribution in [0.4, 0.5) is 11.6 Å². The summed E-state index contributed by atoms with van der Waals surface area (Å²) >= 11 is 0. The molecular weight excluding hydrogens is 288 g/mol. The molecule has 0 atom stereocenters. The van der Waals surface area contributed by atoms with Gasteiger partial charge in [0.25, 0.3) is 5.91 Å². The zero-order valence-electron chi connectivity index (χ0n) is 14.0. The van der Waals surface area contributed by atoms with E-state index in [-0.39, 0.29) is 5.91 Å². The third-order valence-electron chi connectivity index (χ3n) is 3.38. The standard InChI is InChI=1S/C18H24N4O/c1-4-11-22(12-5-2)18-19-14(3)13-16(21-18)17(23)20-15-9-7-6-8-10-15/h6-10,13H,4-5,11-12H2,1-3H3,(H,20,23). The smallest absolute Gasteiger partial charge is 0.274 e. The zero-order valence-corrected chi connectivity index (χ0v) is 14.0. The number of hydrogen-bond acceptors (Lipinski definition) is 4. The Balaban J connectivity index is 2.23. The third kappa shape index (κ3) is 4.77. The van der Waals surface area contributed by atoms with E-state index in [1.807, 2.05) is 37.3 Å². The highest BCUT2D eigenvalue weighted by Crippen LogP contribution is 2.13. The van der Waals surface area contributed by atoms with Gasteiger partial charge in [-0.2, -0.15) is 0 Å². The number of para-hydroxylation sites is 1. The van der Waals surface area contributed by atoms with E-state index in [4.69, 9.17) is 0 Å². The highest BCUT2D eigenvalue weighted by atomic mass is 16.1. The lowest BCUT2D eigenvalue weighted by Crippen LogP contribution is -2.28. The van der Waals surface area contributed by atoms with Crippen LogP contribution >= 0.6 is 0 Å². The molecule has 2 aromatic rings. The summed E-state index contributed by atoms with van der Waals surface area (Å²) in [5.74, 6) is 0.419. The second-order valence-corrected chi connectivity index (χ2v) is 5.50. The summed E-state index contributed by atoms with van der Waals surface area (Å²) in [5, 5.41) is 2.87. The fourth-order valence-corrected chi connectivity index (χ4v) is 2.38. The Morgan fingerprint density at radius 2 is 1.74 bits per heavy atom. The van der Waals surface area contributed by atoms with E-state index in [1.54, 1.807) is 6.07 Å². The summed E-state index contributed by atoms with van der Waals surface area (Å²) in [4.78, 5) is 23.5. The van der Waals surface area contributed by atoms with Crippen LogP contribution in [0.5, 0.6) is 0 Å². The van der Waals surface area contributed by atoms with Crippen LogP contribution in [0.2, 0.25) is 0 Å². The molecule has 2 rings (SSSR count). The van der Waals surface area contributed by atoms with E-state index >= 15 is 0 Å². The lowest BCUT2D eigenvalue weighted by atomic mass is 10.3. The number of carbonyl (C=O) groups is 1. The number of nitrogens with one attached hydrogen (secondary N) is 1. The quantitative estimate of drug-likeness (QED) is 0.847. The molecule has 122 valence electrons. The fourth-order valence-electron chi connectivity index (χ4n) is 2.38. The van der Waals surface area contributed by atoms with Crippen molar-refractivity contribution >= 4 is 17.5 Å². The topological polar surface area (TPSA) is 58.1 Å². The zero-order chi connectivity index (χ0) is 16.7. The van der Waals surface area contributed by atoms with Gasteiger partial charge in [-0.25, -0.2) is 9.97 Å². The van der Waals surface area contributed by atoms with Crippen molar-refractivity contribution in [2.75, 3.05) is 23.3 Å². The first kappa shape index (κ1) is 16.9. The van der Waals surface area contributed by atoms with Crippen molar-refractivity contribution in [1.82, 2.24) is 9.97 Å². The van der Waals surface area contributed by atoms with Crippen LogP contribution in [0.15, 0.2) is 36.4 Å². The first-order valence-corrected chi connectivity index (χ1v) is 8.11. The Kier molecular flexibility index (Phi) is 6.09. The number of amides is 1. The molecule has 0 aliphatic rings. The predicted octanol–water partition coefficient (Wildman–Crippen LogP) is 3.66. The molecule has 0 aliphatic heterocycles. The molecule has 1 heterocycles. The van der Waals surface area contributed by atoms with Crippen LogP contribution in [-0.2, 0) is 0 Å². The van der Waals surface area contributed by atoms with Crippen molar-refractivity contribution in [2.24, 2.45) is 0 Å². The van der Waals surface area contributed by atoms with E-state index in [1.165, 1.54) is 0 Å². The maximum absolute atomic E-state index is 12.4. The van der Waals surface area contributed by atoms with Crippen LogP contribution in [0.1, 0.15) is 42.9 Å². The van der Waals surface area contributed by atoms with Gasteiger partial charge in [0.15, 0.2) is 0 Å². The molecule has 5 nitrogen and oxygen atoms in total. The maximum atomic E-state index is 12.4. The van der Waals surface area contributed by atoms with E-state index in [9.17, 15) is 4.79 Å². The summed E-state index contributed by atoms with van der Waals surface area (Å²) in [6, 6.07) is 11.1. The molecule has 0 saturated heterocycles. The average Bonchev–Trinajstić information content (AvgIpc) is 2.55. The number of rotatable bonds is 7. The summed E-state index contributed by atoms with van der Waals surface area (Å²) in [7, 11) is 0. The molecule has 1 N–H and O–H groups in total. The number of nitrogens with zero attached hydrogens (tertiary/aromatic N) is 3. The molecule has 1 aromatic heterocycles. The molecule has 5 heteroatoms. The van der Waals surface area contributed by atoms with E-state index in [0.717, 1.165) is 37.3 Å². The SMILES string of the molecule is CCCN(CCC)c1nc(C)cc(C(=O)Nc2ccccc2)n1. The maximum Gasteiger partial charge on any atom is 0.274 e. The second-order valence-electron chi connectivity index (χ2n) is 5.50. The highest BCUT2D eigenvalue weighted by Gasteiger charge is 2.14. The van der Waals surface area contributed by atoms with E-state index in [0.29, 0.717) is 11.6 Å². The number of benzene rings is 1. The van der Waals surface area contributed by atoms with Gasteiger partial charge in [-0.05, 0) is 38.0 Å². The van der Waals surface area contributed by atoms with Gasteiger partial charge < -0.3 is 10.2 Å².